The quantitative estimate of drug-likeness (QED) is 0.426. The second-order valence-corrected chi connectivity index (χ2v) is 2.59. The zero-order valence-electron chi connectivity index (χ0n) is 6.61. The molecule has 0 aliphatic carbocycles. The van der Waals surface area contributed by atoms with Gasteiger partial charge in [0.1, 0.15) is 5.60 Å². The molecule has 0 bridgehead atoms. The van der Waals surface area contributed by atoms with Gasteiger partial charge >= 0.3 is 5.95 Å². The topological polar surface area (TPSA) is 29.1 Å². The Kier molecular flexibility index (Phi) is 10.4. The largest absolute Gasteiger partial charge is 1.00 e. The number of hydrogen-bond acceptors (Lipinski definition) is 1. The van der Waals surface area contributed by atoms with Gasteiger partial charge in [0.15, 0.2) is 0 Å². The summed E-state index contributed by atoms with van der Waals surface area (Å²) < 4.78 is 4.69. The Morgan fingerprint density at radius 1 is 1.40 bits per heavy atom. The Bertz CT molecular complexity index is 98.4. The van der Waals surface area contributed by atoms with Gasteiger partial charge in [0.05, 0.1) is 0 Å². The van der Waals surface area contributed by atoms with Gasteiger partial charge in [-0.2, -0.15) is 0 Å². The van der Waals surface area contributed by atoms with E-state index in [9.17, 15) is 5.11 Å². The molecule has 0 heterocycles. The summed E-state index contributed by atoms with van der Waals surface area (Å²) >= 11 is 0. The third-order valence-corrected chi connectivity index (χ3v) is 0.420. The van der Waals surface area contributed by atoms with Crippen LogP contribution in [0, 0.1) is 0 Å². The van der Waals surface area contributed by atoms with Crippen molar-refractivity contribution in [3.05, 3.63) is 12.5 Å². The minimum atomic E-state index is -0.475. The summed E-state index contributed by atoms with van der Waals surface area (Å²) in [5, 5.41) is 10.1. The predicted octanol–water partition coefficient (Wildman–Crippen LogP) is -1.30. The Morgan fingerprint density at radius 3 is 1.70 bits per heavy atom. The number of rotatable bonds is 1. The van der Waals surface area contributed by atoms with E-state index in [0.717, 1.165) is 0 Å². The van der Waals surface area contributed by atoms with Crippen molar-refractivity contribution < 1.29 is 46.3 Å². The van der Waals surface area contributed by atoms with Crippen molar-refractivity contribution in [3.63, 3.8) is 0 Å². The van der Waals surface area contributed by atoms with Crippen LogP contribution in [0.1, 0.15) is 20.8 Å². The third-order valence-electron chi connectivity index (χ3n) is 0.420. The first kappa shape index (κ1) is 16.8. The molecule has 0 unspecified atom stereocenters. The molecule has 0 spiro atoms. The predicted molar refractivity (Wildman–Crippen MR) is 30.7 cm³/mol. The maximum Gasteiger partial charge on any atom is 0.323 e. The van der Waals surface area contributed by atoms with Crippen molar-refractivity contribution in [1.29, 1.82) is 0 Å². The van der Waals surface area contributed by atoms with Crippen molar-refractivity contribution in [2.45, 2.75) is 26.4 Å². The Hall–Kier alpha value is 0.443. The average Bonchev–Trinajstić information content (AvgIpc) is 1.21. The number of hydrogen-bond donors (Lipinski definition) is 0. The standard InChI is InChI=1S/C6H11O2.BrH.Zn/c1-5(7)8-6(2,3)4;;/h1H2,2-4H3;1H;/p-1. The van der Waals surface area contributed by atoms with Crippen LogP contribution in [0.2, 0.25) is 0 Å². The molecule has 0 saturated heterocycles. The normalized spacial score (nSPS) is 8.70. The summed E-state index contributed by atoms with van der Waals surface area (Å²) in [6.45, 7) is 8.47. The minimum Gasteiger partial charge on any atom is -1.00 e. The molecule has 0 rings (SSSR count). The molecule has 0 fully saturated rings. The molecule has 1 radical (unpaired) electrons. The fourth-order valence-electron chi connectivity index (χ4n) is 0.342. The molecule has 57 valence electrons. The molecule has 4 heteroatoms. The molecule has 0 N–H and O–H groups in total. The second-order valence-electron chi connectivity index (χ2n) is 2.59. The Morgan fingerprint density at radius 2 is 1.70 bits per heavy atom. The maximum atomic E-state index is 10.1. The summed E-state index contributed by atoms with van der Waals surface area (Å²) in [4.78, 5) is 0. The molecule has 0 amide bonds. The molecule has 2 nitrogen and oxygen atoms in total. The van der Waals surface area contributed by atoms with E-state index in [1.165, 1.54) is 0 Å². The first-order valence-electron chi connectivity index (χ1n) is 2.47. The summed E-state index contributed by atoms with van der Waals surface area (Å²) in [5.41, 5.74) is -0.390. The molecular formula is C6H11BrO2Zn-. The number of halogens is 1. The van der Waals surface area contributed by atoms with E-state index < -0.39 is 11.5 Å². The van der Waals surface area contributed by atoms with Gasteiger partial charge in [-0.3, -0.25) is 0 Å². The van der Waals surface area contributed by atoms with Crippen LogP contribution in [0.5, 0.6) is 0 Å². The second kappa shape index (κ2) is 6.17. The van der Waals surface area contributed by atoms with Gasteiger partial charge in [-0.1, -0.05) is 0 Å². The smallest absolute Gasteiger partial charge is 0.323 e. The minimum absolute atomic E-state index is 0. The average molecular weight is 260 g/mol. The van der Waals surface area contributed by atoms with Crippen LogP contribution in [0.15, 0.2) is 12.5 Å². The summed E-state index contributed by atoms with van der Waals surface area (Å²) in [6.07, 6.45) is 0. The van der Waals surface area contributed by atoms with Crippen LogP contribution in [0.25, 0.3) is 0 Å². The SMILES string of the molecule is C=C([O])OC(C)(C)C.[Br-].[Zn]. The summed E-state index contributed by atoms with van der Waals surface area (Å²) in [6, 6.07) is 0. The molecule has 0 saturated carbocycles. The van der Waals surface area contributed by atoms with Crippen LogP contribution < -0.4 is 17.0 Å². The van der Waals surface area contributed by atoms with Crippen LogP contribution in [-0.4, -0.2) is 5.60 Å². The first-order chi connectivity index (χ1) is 3.42. The van der Waals surface area contributed by atoms with E-state index >= 15 is 0 Å². The van der Waals surface area contributed by atoms with Gasteiger partial charge in [0, 0.05) is 19.5 Å². The van der Waals surface area contributed by atoms with E-state index in [0.29, 0.717) is 0 Å². The van der Waals surface area contributed by atoms with Gasteiger partial charge in [-0.15, -0.1) is 0 Å². The summed E-state index contributed by atoms with van der Waals surface area (Å²) in [7, 11) is 0. The van der Waals surface area contributed by atoms with Gasteiger partial charge in [-0.25, -0.2) is 5.11 Å². The van der Waals surface area contributed by atoms with E-state index in [2.05, 4.69) is 11.3 Å². The molecule has 0 aromatic carbocycles. The van der Waals surface area contributed by atoms with Crippen LogP contribution >= 0.6 is 0 Å². The molecule has 0 aromatic rings. The van der Waals surface area contributed by atoms with E-state index in [-0.39, 0.29) is 36.5 Å². The van der Waals surface area contributed by atoms with E-state index in [1.54, 1.807) is 20.8 Å². The molecular weight excluding hydrogens is 249 g/mol. The fourth-order valence-corrected chi connectivity index (χ4v) is 0.342. The molecule has 0 aliphatic heterocycles. The Balaban J connectivity index is -0.000000245. The monoisotopic (exact) mass is 258 g/mol. The van der Waals surface area contributed by atoms with Gasteiger partial charge < -0.3 is 21.7 Å². The number of ether oxygens (including phenoxy) is 1. The zero-order chi connectivity index (χ0) is 6.78. The van der Waals surface area contributed by atoms with Crippen molar-refractivity contribution in [2.24, 2.45) is 0 Å². The molecule has 10 heavy (non-hydrogen) atoms. The van der Waals surface area contributed by atoms with Gasteiger partial charge in [-0.05, 0) is 27.4 Å². The van der Waals surface area contributed by atoms with Crippen LogP contribution in [-0.2, 0) is 29.3 Å². The molecule has 0 atom stereocenters. The third kappa shape index (κ3) is 15.8. The van der Waals surface area contributed by atoms with Crippen LogP contribution in [0.4, 0.5) is 0 Å². The van der Waals surface area contributed by atoms with Crippen molar-refractivity contribution in [1.82, 2.24) is 0 Å². The van der Waals surface area contributed by atoms with E-state index in [4.69, 9.17) is 0 Å². The first-order valence-corrected chi connectivity index (χ1v) is 2.47. The van der Waals surface area contributed by atoms with Crippen LogP contribution in [0.3, 0.4) is 0 Å². The van der Waals surface area contributed by atoms with Gasteiger partial charge in [0.2, 0.25) is 0 Å². The fraction of sp³-hybridized carbons (Fsp3) is 0.667. The van der Waals surface area contributed by atoms with Crippen molar-refractivity contribution in [3.8, 4) is 0 Å². The summed E-state index contributed by atoms with van der Waals surface area (Å²) in [5.74, 6) is -0.475. The van der Waals surface area contributed by atoms with E-state index in [1.807, 2.05) is 0 Å². The van der Waals surface area contributed by atoms with Gasteiger partial charge in [0.25, 0.3) is 0 Å². The zero-order valence-corrected chi connectivity index (χ0v) is 11.2. The van der Waals surface area contributed by atoms with Crippen molar-refractivity contribution in [2.75, 3.05) is 0 Å². The molecule has 0 aromatic heterocycles. The van der Waals surface area contributed by atoms with Crippen molar-refractivity contribution >= 4 is 0 Å². The maximum absolute atomic E-state index is 10.1. The molecule has 0 aliphatic rings. The Labute approximate surface area is 85.2 Å².